The topological polar surface area (TPSA) is 9.23 Å². The van der Waals surface area contributed by atoms with Gasteiger partial charge in [0, 0.05) is 5.56 Å². The van der Waals surface area contributed by atoms with Crippen LogP contribution in [0.15, 0.2) is 12.1 Å². The maximum absolute atomic E-state index is 12.6. The first kappa shape index (κ1) is 15.9. The summed E-state index contributed by atoms with van der Waals surface area (Å²) >= 11 is 0. The Bertz CT molecular complexity index is 451. The molecule has 0 aliphatic carbocycles. The van der Waals surface area contributed by atoms with Crippen molar-refractivity contribution in [2.24, 2.45) is 0 Å². The Morgan fingerprint density at radius 3 is 1.84 bits per heavy atom. The fraction of sp³-hybridized carbons (Fsp3) is 0.625. The molecular weight excluding hydrogens is 246 g/mol. The zero-order chi connectivity index (χ0) is 15.0. The highest BCUT2D eigenvalue weighted by Crippen LogP contribution is 2.38. The third-order valence-corrected chi connectivity index (χ3v) is 3.16. The molecule has 1 aromatic carbocycles. The monoisotopic (exact) mass is 270 g/mol. The van der Waals surface area contributed by atoms with Gasteiger partial charge in [0.05, 0.1) is 0 Å². The van der Waals surface area contributed by atoms with Crippen molar-refractivity contribution in [3.63, 3.8) is 0 Å². The highest BCUT2D eigenvalue weighted by Gasteiger charge is 2.26. The van der Waals surface area contributed by atoms with Gasteiger partial charge < -0.3 is 4.74 Å². The highest BCUT2D eigenvalue weighted by atomic mass is 19.3. The molecule has 0 saturated heterocycles. The van der Waals surface area contributed by atoms with Crippen LogP contribution in [0.1, 0.15) is 58.2 Å². The fourth-order valence-corrected chi connectivity index (χ4v) is 2.01. The summed E-state index contributed by atoms with van der Waals surface area (Å²) in [7, 11) is 0. The molecule has 0 heterocycles. The summed E-state index contributed by atoms with van der Waals surface area (Å²) < 4.78 is 29.9. The van der Waals surface area contributed by atoms with Gasteiger partial charge in [-0.15, -0.1) is 0 Å². The molecule has 0 amide bonds. The van der Waals surface area contributed by atoms with Crippen molar-refractivity contribution in [2.45, 2.75) is 65.9 Å². The van der Waals surface area contributed by atoms with E-state index in [1.54, 1.807) is 0 Å². The number of halogens is 2. The standard InChI is InChI=1S/C16H24F2O/c1-10-8-11(15(2,3)4)9-12(16(5,6)7)13(10)19-14(17)18/h8-9,14H,1-7H3. The molecule has 1 rings (SSSR count). The molecule has 1 nitrogen and oxygen atoms in total. The van der Waals surface area contributed by atoms with Crippen LogP contribution in [0, 0.1) is 6.92 Å². The predicted octanol–water partition coefficient (Wildman–Crippen LogP) is 5.19. The lowest BCUT2D eigenvalue weighted by atomic mass is 9.79. The van der Waals surface area contributed by atoms with Crippen molar-refractivity contribution in [3.05, 3.63) is 28.8 Å². The van der Waals surface area contributed by atoms with E-state index in [1.165, 1.54) is 0 Å². The number of hydrogen-bond acceptors (Lipinski definition) is 1. The first-order valence-electron chi connectivity index (χ1n) is 6.53. The minimum atomic E-state index is -2.79. The Morgan fingerprint density at radius 1 is 0.947 bits per heavy atom. The predicted molar refractivity (Wildman–Crippen MR) is 75.2 cm³/mol. The first-order valence-corrected chi connectivity index (χ1v) is 6.53. The molecule has 0 fully saturated rings. The molecule has 0 aliphatic heterocycles. The lowest BCUT2D eigenvalue weighted by molar-refractivity contribution is -0.0513. The third kappa shape index (κ3) is 3.92. The minimum Gasteiger partial charge on any atom is -0.434 e. The van der Waals surface area contributed by atoms with Crippen LogP contribution in [-0.2, 0) is 10.8 Å². The Labute approximate surface area is 115 Å². The fourth-order valence-electron chi connectivity index (χ4n) is 2.01. The summed E-state index contributed by atoms with van der Waals surface area (Å²) in [6, 6.07) is 3.93. The lowest BCUT2D eigenvalue weighted by Gasteiger charge is -2.28. The van der Waals surface area contributed by atoms with Crippen LogP contribution in [0.2, 0.25) is 0 Å². The molecule has 19 heavy (non-hydrogen) atoms. The molecule has 0 spiro atoms. The molecule has 0 unspecified atom stereocenters. The maximum atomic E-state index is 12.6. The summed E-state index contributed by atoms with van der Waals surface area (Å²) in [6.07, 6.45) is 0. The second kappa shape index (κ2) is 5.10. The van der Waals surface area contributed by atoms with Crippen molar-refractivity contribution in [3.8, 4) is 5.75 Å². The molecule has 0 saturated carbocycles. The van der Waals surface area contributed by atoms with Gasteiger partial charge in [0.2, 0.25) is 0 Å². The number of aryl methyl sites for hydroxylation is 1. The van der Waals surface area contributed by atoms with E-state index in [4.69, 9.17) is 4.74 Å². The SMILES string of the molecule is Cc1cc(C(C)(C)C)cc(C(C)(C)C)c1OC(F)F. The molecule has 0 bridgehead atoms. The van der Waals surface area contributed by atoms with Crippen LogP contribution in [0.3, 0.4) is 0 Å². The summed E-state index contributed by atoms with van der Waals surface area (Å²) in [5, 5.41) is 0. The van der Waals surface area contributed by atoms with E-state index >= 15 is 0 Å². The van der Waals surface area contributed by atoms with Gasteiger partial charge in [0.15, 0.2) is 0 Å². The molecule has 0 aliphatic rings. The first-order chi connectivity index (χ1) is 8.43. The lowest BCUT2D eigenvalue weighted by Crippen LogP contribution is -2.19. The van der Waals surface area contributed by atoms with Crippen LogP contribution in [0.5, 0.6) is 5.75 Å². The van der Waals surface area contributed by atoms with E-state index in [0.717, 1.165) is 16.7 Å². The normalized spacial score (nSPS) is 12.9. The van der Waals surface area contributed by atoms with E-state index in [1.807, 2.05) is 39.8 Å². The Kier molecular flexibility index (Phi) is 4.28. The average molecular weight is 270 g/mol. The Balaban J connectivity index is 3.48. The second-order valence-electron chi connectivity index (χ2n) is 7.05. The van der Waals surface area contributed by atoms with Gasteiger partial charge >= 0.3 is 6.61 Å². The van der Waals surface area contributed by atoms with Crippen LogP contribution in [0.4, 0.5) is 8.78 Å². The summed E-state index contributed by atoms with van der Waals surface area (Å²) in [5.74, 6) is 0.315. The van der Waals surface area contributed by atoms with Crippen molar-refractivity contribution >= 4 is 0 Å². The van der Waals surface area contributed by atoms with E-state index in [-0.39, 0.29) is 10.8 Å². The van der Waals surface area contributed by atoms with Crippen LogP contribution in [-0.4, -0.2) is 6.61 Å². The summed E-state index contributed by atoms with van der Waals surface area (Å²) in [4.78, 5) is 0. The van der Waals surface area contributed by atoms with Crippen molar-refractivity contribution in [1.29, 1.82) is 0 Å². The molecule has 0 radical (unpaired) electrons. The van der Waals surface area contributed by atoms with Crippen molar-refractivity contribution in [2.75, 3.05) is 0 Å². The number of alkyl halides is 2. The third-order valence-electron chi connectivity index (χ3n) is 3.16. The van der Waals surface area contributed by atoms with Gasteiger partial charge in [-0.05, 0) is 28.9 Å². The van der Waals surface area contributed by atoms with E-state index in [9.17, 15) is 8.78 Å². The minimum absolute atomic E-state index is 0.0197. The second-order valence-corrected chi connectivity index (χ2v) is 7.05. The number of hydrogen-bond donors (Lipinski definition) is 0. The molecule has 0 aromatic heterocycles. The summed E-state index contributed by atoms with van der Waals surface area (Å²) in [5.41, 5.74) is 2.47. The van der Waals surface area contributed by atoms with Gasteiger partial charge in [0.1, 0.15) is 5.75 Å². The van der Waals surface area contributed by atoms with Gasteiger partial charge in [-0.25, -0.2) is 0 Å². The van der Waals surface area contributed by atoms with Crippen LogP contribution < -0.4 is 4.74 Å². The average Bonchev–Trinajstić information content (AvgIpc) is 2.16. The smallest absolute Gasteiger partial charge is 0.387 e. The van der Waals surface area contributed by atoms with Gasteiger partial charge in [-0.2, -0.15) is 8.78 Å². The quantitative estimate of drug-likeness (QED) is 0.718. The number of ether oxygens (including phenoxy) is 1. The van der Waals surface area contributed by atoms with E-state index in [0.29, 0.717) is 5.75 Å². The molecule has 0 atom stereocenters. The van der Waals surface area contributed by atoms with E-state index < -0.39 is 6.61 Å². The zero-order valence-corrected chi connectivity index (χ0v) is 12.9. The Hall–Kier alpha value is -1.12. The van der Waals surface area contributed by atoms with E-state index in [2.05, 4.69) is 20.8 Å². The van der Waals surface area contributed by atoms with Crippen LogP contribution >= 0.6 is 0 Å². The van der Waals surface area contributed by atoms with Gasteiger partial charge in [-0.1, -0.05) is 53.7 Å². The maximum Gasteiger partial charge on any atom is 0.387 e. The van der Waals surface area contributed by atoms with Crippen molar-refractivity contribution < 1.29 is 13.5 Å². The molecule has 108 valence electrons. The molecule has 3 heteroatoms. The van der Waals surface area contributed by atoms with Gasteiger partial charge in [0.25, 0.3) is 0 Å². The highest BCUT2D eigenvalue weighted by molar-refractivity contribution is 5.49. The Morgan fingerprint density at radius 2 is 1.47 bits per heavy atom. The number of rotatable bonds is 2. The van der Waals surface area contributed by atoms with Crippen molar-refractivity contribution in [1.82, 2.24) is 0 Å². The zero-order valence-electron chi connectivity index (χ0n) is 12.9. The largest absolute Gasteiger partial charge is 0.434 e. The number of benzene rings is 1. The summed E-state index contributed by atoms with van der Waals surface area (Å²) in [6.45, 7) is 11.4. The molecule has 1 aromatic rings. The van der Waals surface area contributed by atoms with Gasteiger partial charge in [-0.3, -0.25) is 0 Å². The molecule has 0 N–H and O–H groups in total. The van der Waals surface area contributed by atoms with Crippen LogP contribution in [0.25, 0.3) is 0 Å². The molecular formula is C16H24F2O.